The van der Waals surface area contributed by atoms with Gasteiger partial charge in [-0.1, -0.05) is 59.2 Å². The number of halogens is 2. The van der Waals surface area contributed by atoms with Crippen molar-refractivity contribution < 1.29 is 14.0 Å². The number of hydrogen-bond donors (Lipinski definition) is 1. The molecule has 0 amide bonds. The molecule has 134 valence electrons. The lowest BCUT2D eigenvalue weighted by molar-refractivity contribution is 0.431. The van der Waals surface area contributed by atoms with E-state index in [0.29, 0.717) is 21.8 Å². The third-order valence-electron chi connectivity index (χ3n) is 4.43. The maximum Gasteiger partial charge on any atom is 0.178 e. The minimum atomic E-state index is -0.591. The van der Waals surface area contributed by atoms with Crippen LogP contribution >= 0.6 is 11.6 Å². The Morgan fingerprint density at radius 1 is 0.926 bits per heavy atom. The fraction of sp³-hybridized carbons (Fsp3) is 0.0455. The highest BCUT2D eigenvalue weighted by molar-refractivity contribution is 6.33. The average Bonchev–Trinajstić information content (AvgIpc) is 3.07. The van der Waals surface area contributed by atoms with Crippen molar-refractivity contribution in [1.29, 1.82) is 0 Å². The number of benzene rings is 3. The summed E-state index contributed by atoms with van der Waals surface area (Å²) in [4.78, 5) is 0. The second kappa shape index (κ2) is 6.89. The van der Waals surface area contributed by atoms with E-state index in [0.717, 1.165) is 17.2 Å². The first-order chi connectivity index (χ1) is 13.1. The van der Waals surface area contributed by atoms with E-state index in [2.05, 4.69) is 5.16 Å². The second-order valence-corrected chi connectivity index (χ2v) is 6.60. The fourth-order valence-corrected chi connectivity index (χ4v) is 3.33. The maximum atomic E-state index is 14.5. The van der Waals surface area contributed by atoms with Gasteiger partial charge in [0.25, 0.3) is 0 Å². The van der Waals surface area contributed by atoms with Crippen LogP contribution in [0.25, 0.3) is 33.7 Å². The molecule has 0 aliphatic carbocycles. The molecule has 0 radical (unpaired) electrons. The summed E-state index contributed by atoms with van der Waals surface area (Å²) in [5, 5.41) is 14.3. The highest BCUT2D eigenvalue weighted by atomic mass is 35.5. The standard InChI is InChI=1S/C22H15ClFNO2/c1-13-6-2-3-7-15(13)20-21(16-8-4-5-9-18(16)23)25-27-22(20)17-11-10-14(26)12-19(17)24/h2-12,26H,1H3. The van der Waals surface area contributed by atoms with Gasteiger partial charge in [-0.05, 0) is 36.2 Å². The molecule has 0 unspecified atom stereocenters. The average molecular weight is 380 g/mol. The molecule has 3 nitrogen and oxygen atoms in total. The Labute approximate surface area is 160 Å². The quantitative estimate of drug-likeness (QED) is 0.443. The van der Waals surface area contributed by atoms with E-state index in [4.69, 9.17) is 16.1 Å². The van der Waals surface area contributed by atoms with Crippen LogP contribution in [0.15, 0.2) is 71.3 Å². The van der Waals surface area contributed by atoms with Crippen LogP contribution in [0, 0.1) is 12.7 Å². The summed E-state index contributed by atoms with van der Waals surface area (Å²) in [6, 6.07) is 19.0. The molecule has 0 spiro atoms. The minimum absolute atomic E-state index is 0.153. The maximum absolute atomic E-state index is 14.5. The van der Waals surface area contributed by atoms with Crippen LogP contribution in [0.4, 0.5) is 4.39 Å². The van der Waals surface area contributed by atoms with E-state index in [9.17, 15) is 9.50 Å². The SMILES string of the molecule is Cc1ccccc1-c1c(-c2ccccc2Cl)noc1-c1ccc(O)cc1F. The van der Waals surface area contributed by atoms with Crippen LogP contribution in [-0.2, 0) is 0 Å². The molecule has 4 aromatic rings. The largest absolute Gasteiger partial charge is 0.508 e. The van der Waals surface area contributed by atoms with Gasteiger partial charge in [-0.25, -0.2) is 4.39 Å². The Hall–Kier alpha value is -3.11. The molecule has 0 saturated carbocycles. The van der Waals surface area contributed by atoms with Crippen molar-refractivity contribution >= 4 is 11.6 Å². The van der Waals surface area contributed by atoms with E-state index in [1.54, 1.807) is 6.07 Å². The number of aromatic hydroxyl groups is 1. The van der Waals surface area contributed by atoms with Crippen LogP contribution < -0.4 is 0 Å². The number of phenolic OH excluding ortho intramolecular Hbond substituents is 1. The number of aromatic nitrogens is 1. The minimum Gasteiger partial charge on any atom is -0.508 e. The summed E-state index contributed by atoms with van der Waals surface area (Å²) in [6.45, 7) is 1.97. The molecular formula is C22H15ClFNO2. The monoisotopic (exact) mass is 379 g/mol. The van der Waals surface area contributed by atoms with Crippen LogP contribution in [0.2, 0.25) is 5.02 Å². The molecule has 0 atom stereocenters. The van der Waals surface area contributed by atoms with Gasteiger partial charge in [0.05, 0.1) is 16.1 Å². The van der Waals surface area contributed by atoms with Gasteiger partial charge in [-0.2, -0.15) is 0 Å². The summed E-state index contributed by atoms with van der Waals surface area (Å²) >= 11 is 6.38. The van der Waals surface area contributed by atoms with Gasteiger partial charge in [0.15, 0.2) is 5.76 Å². The Morgan fingerprint density at radius 2 is 1.63 bits per heavy atom. The third kappa shape index (κ3) is 3.09. The molecule has 27 heavy (non-hydrogen) atoms. The van der Waals surface area contributed by atoms with E-state index in [-0.39, 0.29) is 17.1 Å². The van der Waals surface area contributed by atoms with E-state index >= 15 is 0 Å². The predicted molar refractivity (Wildman–Crippen MR) is 104 cm³/mol. The van der Waals surface area contributed by atoms with Gasteiger partial charge in [-0.15, -0.1) is 0 Å². The zero-order valence-corrected chi connectivity index (χ0v) is 15.2. The van der Waals surface area contributed by atoms with Crippen molar-refractivity contribution in [3.05, 3.63) is 83.1 Å². The van der Waals surface area contributed by atoms with Gasteiger partial charge in [0, 0.05) is 11.6 Å². The Balaban J connectivity index is 2.04. The molecule has 5 heteroatoms. The molecular weight excluding hydrogens is 365 g/mol. The summed E-state index contributed by atoms with van der Waals surface area (Å²) in [5.41, 5.74) is 3.98. The van der Waals surface area contributed by atoms with Gasteiger partial charge in [-0.3, -0.25) is 0 Å². The van der Waals surface area contributed by atoms with Crippen molar-refractivity contribution in [2.75, 3.05) is 0 Å². The number of phenols is 1. The van der Waals surface area contributed by atoms with E-state index < -0.39 is 5.82 Å². The van der Waals surface area contributed by atoms with Gasteiger partial charge >= 0.3 is 0 Å². The van der Waals surface area contributed by atoms with Crippen molar-refractivity contribution in [2.24, 2.45) is 0 Å². The summed E-state index contributed by atoms with van der Waals surface area (Å²) in [6.07, 6.45) is 0. The van der Waals surface area contributed by atoms with E-state index in [1.165, 1.54) is 12.1 Å². The molecule has 1 N–H and O–H groups in total. The first-order valence-corrected chi connectivity index (χ1v) is 8.73. The zero-order valence-electron chi connectivity index (χ0n) is 14.4. The van der Waals surface area contributed by atoms with Crippen LogP contribution in [0.5, 0.6) is 5.75 Å². The smallest absolute Gasteiger partial charge is 0.178 e. The van der Waals surface area contributed by atoms with Crippen LogP contribution in [-0.4, -0.2) is 10.3 Å². The van der Waals surface area contributed by atoms with Crippen LogP contribution in [0.1, 0.15) is 5.56 Å². The predicted octanol–water partition coefficient (Wildman–Crippen LogP) is 6.48. The molecule has 1 heterocycles. The highest BCUT2D eigenvalue weighted by Crippen LogP contribution is 2.43. The lowest BCUT2D eigenvalue weighted by atomic mass is 9.93. The zero-order chi connectivity index (χ0) is 19.0. The third-order valence-corrected chi connectivity index (χ3v) is 4.76. The van der Waals surface area contributed by atoms with E-state index in [1.807, 2.05) is 49.4 Å². The van der Waals surface area contributed by atoms with Gasteiger partial charge < -0.3 is 9.63 Å². The molecule has 0 saturated heterocycles. The lowest BCUT2D eigenvalue weighted by Crippen LogP contribution is -1.90. The molecule has 0 aliphatic heterocycles. The first-order valence-electron chi connectivity index (χ1n) is 8.35. The number of nitrogens with zero attached hydrogens (tertiary/aromatic N) is 1. The Bertz CT molecular complexity index is 1140. The molecule has 0 fully saturated rings. The fourth-order valence-electron chi connectivity index (χ4n) is 3.10. The molecule has 0 aliphatic rings. The van der Waals surface area contributed by atoms with Crippen molar-refractivity contribution in [1.82, 2.24) is 5.16 Å². The van der Waals surface area contributed by atoms with Gasteiger partial charge in [0.2, 0.25) is 0 Å². The van der Waals surface area contributed by atoms with Crippen LogP contribution in [0.3, 0.4) is 0 Å². The molecule has 3 aromatic carbocycles. The number of hydrogen-bond acceptors (Lipinski definition) is 3. The normalized spacial score (nSPS) is 10.9. The topological polar surface area (TPSA) is 46.3 Å². The van der Waals surface area contributed by atoms with Crippen molar-refractivity contribution in [3.8, 4) is 39.5 Å². The highest BCUT2D eigenvalue weighted by Gasteiger charge is 2.24. The van der Waals surface area contributed by atoms with Crippen molar-refractivity contribution in [2.45, 2.75) is 6.92 Å². The summed E-state index contributed by atoms with van der Waals surface area (Å²) in [5.74, 6) is -0.456. The molecule has 0 bridgehead atoms. The molecule has 1 aromatic heterocycles. The Morgan fingerprint density at radius 3 is 2.33 bits per heavy atom. The summed E-state index contributed by atoms with van der Waals surface area (Å²) in [7, 11) is 0. The Kier molecular flexibility index (Phi) is 4.42. The number of aryl methyl sites for hydroxylation is 1. The number of rotatable bonds is 3. The molecule has 4 rings (SSSR count). The first kappa shape index (κ1) is 17.3. The summed E-state index contributed by atoms with van der Waals surface area (Å²) < 4.78 is 20.1. The lowest BCUT2D eigenvalue weighted by Gasteiger charge is -2.09. The van der Waals surface area contributed by atoms with Gasteiger partial charge in [0.1, 0.15) is 17.3 Å². The second-order valence-electron chi connectivity index (χ2n) is 6.19. The van der Waals surface area contributed by atoms with Crippen molar-refractivity contribution in [3.63, 3.8) is 0 Å².